The molecule has 0 fully saturated rings. The van der Waals surface area contributed by atoms with E-state index in [1.807, 2.05) is 0 Å². The van der Waals surface area contributed by atoms with Gasteiger partial charge < -0.3 is 20.6 Å². The zero-order valence-corrected chi connectivity index (χ0v) is 19.8. The average molecular weight is 364 g/mol. The van der Waals surface area contributed by atoms with Crippen molar-refractivity contribution in [1.29, 1.82) is 0 Å². The van der Waals surface area contributed by atoms with Gasteiger partial charge in [-0.1, -0.05) is 12.1 Å². The minimum Gasteiger partial charge on any atom is -0.481 e. The number of nitrogens with one attached hydrogen (secondary N) is 1. The van der Waals surface area contributed by atoms with Crippen molar-refractivity contribution >= 4 is 23.8 Å². The molecule has 112 valence electrons. The molecule has 0 aromatic heterocycles. The van der Waals surface area contributed by atoms with Crippen molar-refractivity contribution in [3.8, 4) is 0 Å². The van der Waals surface area contributed by atoms with E-state index in [2.05, 4.69) is 5.32 Å². The van der Waals surface area contributed by atoms with Gasteiger partial charge in [0.2, 0.25) is 0 Å². The molecule has 1 rings (SSSR count). The van der Waals surface area contributed by atoms with Gasteiger partial charge in [-0.15, -0.1) is 0 Å². The molecular weight excluding hydrogens is 351 g/mol. The Balaban J connectivity index is -0.00000147. The van der Waals surface area contributed by atoms with E-state index in [1.54, 1.807) is 0 Å². The number of aromatic carboxylic acids is 1. The van der Waals surface area contributed by atoms with E-state index in [0.717, 1.165) is 0 Å². The van der Waals surface area contributed by atoms with Crippen LogP contribution in [0.4, 0.5) is 0 Å². The minimum atomic E-state index is -1.41. The Hall–Kier alpha value is 0.100. The van der Waals surface area contributed by atoms with Gasteiger partial charge in [0.1, 0.15) is 6.04 Å². The van der Waals surface area contributed by atoms with Crippen LogP contribution in [0.1, 0.15) is 33.6 Å². The molecule has 0 spiro atoms. The molecule has 0 saturated heterocycles. The third-order valence-corrected chi connectivity index (χ3v) is 2.65. The Labute approximate surface area is 204 Å². The average Bonchev–Trinajstić information content (AvgIpc) is 2.42. The molecule has 11 heteroatoms. The molecule has 8 nitrogen and oxygen atoms in total. The van der Waals surface area contributed by atoms with Crippen LogP contribution in [0, 0.1) is 0 Å². The summed E-state index contributed by atoms with van der Waals surface area (Å²) in [5.74, 6) is -4.79. The minimum absolute atomic E-state index is 0. The van der Waals surface area contributed by atoms with Gasteiger partial charge in [-0.3, -0.25) is 9.59 Å². The number of carboxylic acids is 3. The van der Waals surface area contributed by atoms with Gasteiger partial charge in [0, 0.05) is 6.42 Å². The molecule has 0 radical (unpaired) electrons. The first-order valence-electron chi connectivity index (χ1n) is 5.90. The van der Waals surface area contributed by atoms with Gasteiger partial charge in [-0.2, -0.15) is 0 Å². The number of carbonyl (C=O) groups is 4. The van der Waals surface area contributed by atoms with Gasteiger partial charge in [0.15, 0.2) is 0 Å². The summed E-state index contributed by atoms with van der Waals surface area (Å²) in [6, 6.07) is 3.92. The fraction of sp³-hybridized carbons (Fsp3) is 0.231. The van der Waals surface area contributed by atoms with Crippen molar-refractivity contribution in [3.05, 3.63) is 35.4 Å². The molecule has 1 amide bonds. The van der Waals surface area contributed by atoms with Crippen LogP contribution >= 0.6 is 0 Å². The maximum absolute atomic E-state index is 11.9. The smallest absolute Gasteiger partial charge is 0.481 e. The molecule has 0 aliphatic carbocycles. The van der Waals surface area contributed by atoms with Crippen LogP contribution in [-0.4, -0.2) is 45.2 Å². The summed E-state index contributed by atoms with van der Waals surface area (Å²) in [7, 11) is 0. The van der Waals surface area contributed by atoms with E-state index in [1.165, 1.54) is 24.3 Å². The number of hydrogen-bond donors (Lipinski definition) is 4. The second kappa shape index (κ2) is 14.3. The van der Waals surface area contributed by atoms with Crippen molar-refractivity contribution in [2.45, 2.75) is 18.9 Å². The SMILES string of the molecule is O=C(O)CC[C@@H](NC(=O)c1ccccc1C(=O)O)C(=O)O.[Na+].[Na+].[Na+]. The largest absolute Gasteiger partial charge is 1.00 e. The topological polar surface area (TPSA) is 141 Å². The molecule has 0 bridgehead atoms. The van der Waals surface area contributed by atoms with Crippen LogP contribution in [0.3, 0.4) is 0 Å². The molecule has 0 saturated carbocycles. The van der Waals surface area contributed by atoms with E-state index in [0.29, 0.717) is 0 Å². The molecular formula is C13H13NNa3O7+3. The van der Waals surface area contributed by atoms with E-state index < -0.39 is 36.3 Å². The van der Waals surface area contributed by atoms with Crippen LogP contribution < -0.4 is 94.0 Å². The monoisotopic (exact) mass is 364 g/mol. The van der Waals surface area contributed by atoms with Crippen LogP contribution in [0.2, 0.25) is 0 Å². The molecule has 4 N–H and O–H groups in total. The fourth-order valence-electron chi connectivity index (χ4n) is 1.63. The summed E-state index contributed by atoms with van der Waals surface area (Å²) in [5.41, 5.74) is -0.455. The Morgan fingerprint density at radius 2 is 1.42 bits per heavy atom. The van der Waals surface area contributed by atoms with Gasteiger partial charge in [-0.25, -0.2) is 9.59 Å². The Kier molecular flexibility index (Phi) is 17.2. The fourth-order valence-corrected chi connectivity index (χ4v) is 1.63. The molecule has 0 aliphatic heterocycles. The maximum Gasteiger partial charge on any atom is 1.00 e. The second-order valence-electron chi connectivity index (χ2n) is 4.15. The summed E-state index contributed by atoms with van der Waals surface area (Å²) in [5, 5.41) is 28.5. The van der Waals surface area contributed by atoms with Crippen molar-refractivity contribution in [2.75, 3.05) is 0 Å². The third-order valence-electron chi connectivity index (χ3n) is 2.65. The van der Waals surface area contributed by atoms with Crippen LogP contribution in [0.5, 0.6) is 0 Å². The van der Waals surface area contributed by atoms with Crippen LogP contribution in [0.15, 0.2) is 24.3 Å². The molecule has 0 unspecified atom stereocenters. The third kappa shape index (κ3) is 9.55. The molecule has 24 heavy (non-hydrogen) atoms. The van der Waals surface area contributed by atoms with E-state index in [-0.39, 0.29) is 106 Å². The Morgan fingerprint density at radius 1 is 0.917 bits per heavy atom. The number of carboxylic acid groups (broad SMARTS) is 3. The number of hydrogen-bond acceptors (Lipinski definition) is 4. The van der Waals surface area contributed by atoms with Gasteiger partial charge in [-0.05, 0) is 18.6 Å². The Morgan fingerprint density at radius 3 is 1.83 bits per heavy atom. The first kappa shape index (κ1) is 28.9. The van der Waals surface area contributed by atoms with E-state index in [4.69, 9.17) is 15.3 Å². The maximum atomic E-state index is 11.9. The quantitative estimate of drug-likeness (QED) is 0.352. The van der Waals surface area contributed by atoms with Crippen molar-refractivity contribution < 1.29 is 123 Å². The first-order chi connectivity index (χ1) is 9.82. The zero-order chi connectivity index (χ0) is 16.0. The normalized spacial score (nSPS) is 10.0. The van der Waals surface area contributed by atoms with Crippen molar-refractivity contribution in [2.24, 2.45) is 0 Å². The van der Waals surface area contributed by atoms with Gasteiger partial charge >= 0.3 is 107 Å². The number of carbonyl (C=O) groups excluding carboxylic acids is 1. The standard InChI is InChI=1S/C13H13NO7.3Na/c15-10(16)6-5-9(13(20)21)14-11(17)7-3-1-2-4-8(7)12(18)19;;;/h1-4,9H,5-6H2,(H,14,17)(H,15,16)(H,18,19)(H,20,21);;;/q;3*+1/t9-;;;/m1.../s1. The van der Waals surface area contributed by atoms with Crippen molar-refractivity contribution in [1.82, 2.24) is 5.32 Å². The van der Waals surface area contributed by atoms with Gasteiger partial charge in [0.05, 0.1) is 11.1 Å². The number of aliphatic carboxylic acids is 2. The first-order valence-corrected chi connectivity index (χ1v) is 5.90. The Bertz CT molecular complexity index is 595. The summed E-state index contributed by atoms with van der Waals surface area (Å²) >= 11 is 0. The van der Waals surface area contributed by atoms with Gasteiger partial charge in [0.25, 0.3) is 5.91 Å². The zero-order valence-electron chi connectivity index (χ0n) is 13.8. The molecule has 1 aromatic rings. The van der Waals surface area contributed by atoms with Crippen LogP contribution in [0.25, 0.3) is 0 Å². The number of amides is 1. The molecule has 1 aromatic carbocycles. The predicted octanol–water partition coefficient (Wildman–Crippen LogP) is -8.56. The molecule has 0 aliphatic rings. The summed E-state index contributed by atoms with van der Waals surface area (Å²) < 4.78 is 0. The van der Waals surface area contributed by atoms with E-state index in [9.17, 15) is 19.2 Å². The summed E-state index contributed by atoms with van der Waals surface area (Å²) in [4.78, 5) is 44.3. The number of rotatable bonds is 7. The summed E-state index contributed by atoms with van der Waals surface area (Å²) in [6.45, 7) is 0. The van der Waals surface area contributed by atoms with Crippen molar-refractivity contribution in [3.63, 3.8) is 0 Å². The second-order valence-corrected chi connectivity index (χ2v) is 4.15. The number of benzene rings is 1. The predicted molar refractivity (Wildman–Crippen MR) is 69.2 cm³/mol. The molecule has 0 heterocycles. The van der Waals surface area contributed by atoms with Crippen LogP contribution in [-0.2, 0) is 9.59 Å². The summed E-state index contributed by atoms with van der Waals surface area (Å²) in [6.07, 6.45) is -0.733. The van der Waals surface area contributed by atoms with E-state index >= 15 is 0 Å². The molecule has 1 atom stereocenters.